The van der Waals surface area contributed by atoms with Crippen molar-refractivity contribution in [3.8, 4) is 0 Å². The van der Waals surface area contributed by atoms with E-state index in [1.54, 1.807) is 24.3 Å². The van der Waals surface area contributed by atoms with E-state index in [9.17, 15) is 10.1 Å². The van der Waals surface area contributed by atoms with Crippen LogP contribution in [0.5, 0.6) is 0 Å². The largest absolute Gasteiger partial charge is 0.271 e. The van der Waals surface area contributed by atoms with Gasteiger partial charge in [-0.2, -0.15) is 10.2 Å². The van der Waals surface area contributed by atoms with Gasteiger partial charge >= 0.3 is 0 Å². The second-order valence-electron chi connectivity index (χ2n) is 2.89. The molecule has 0 aromatic heterocycles. The van der Waals surface area contributed by atoms with E-state index in [-0.39, 0.29) is 5.69 Å². The molecule has 0 saturated heterocycles. The molecule has 0 spiro atoms. The van der Waals surface area contributed by atoms with E-state index >= 15 is 0 Å². The highest BCUT2D eigenvalue weighted by Gasteiger charge is 2.04. The van der Waals surface area contributed by atoms with Gasteiger partial charge in [0.05, 0.1) is 16.3 Å². The third-order valence-electron chi connectivity index (χ3n) is 1.83. The fourth-order valence-electron chi connectivity index (χ4n) is 1.00. The lowest BCUT2D eigenvalue weighted by atomic mass is 10.3. The third kappa shape index (κ3) is 3.13. The smallest absolute Gasteiger partial charge is 0.258 e. The van der Waals surface area contributed by atoms with E-state index in [4.69, 9.17) is 0 Å². The maximum atomic E-state index is 10.5. The summed E-state index contributed by atoms with van der Waals surface area (Å²) >= 11 is 0. The van der Waals surface area contributed by atoms with Crippen LogP contribution in [0.3, 0.4) is 0 Å². The number of benzene rings is 1. The Labute approximate surface area is 93.0 Å². The number of rotatable bonds is 4. The van der Waals surface area contributed by atoms with Gasteiger partial charge < -0.3 is 0 Å². The third-order valence-corrected chi connectivity index (χ3v) is 1.83. The molecule has 0 N–H and O–H groups in total. The number of hydrogen-bond donors (Lipinski definition) is 0. The van der Waals surface area contributed by atoms with Gasteiger partial charge in [-0.1, -0.05) is 18.7 Å². The topological polar surface area (TPSA) is 67.9 Å². The van der Waals surface area contributed by atoms with Gasteiger partial charge in [0, 0.05) is 12.1 Å². The first-order valence-corrected chi connectivity index (χ1v) is 4.62. The Morgan fingerprint density at radius 1 is 1.56 bits per heavy atom. The average Bonchev–Trinajstić information content (AvgIpc) is 2.31. The fraction of sp³-hybridized carbons (Fsp3) is 0.0909. The second kappa shape index (κ2) is 5.55. The summed E-state index contributed by atoms with van der Waals surface area (Å²) in [7, 11) is 0. The number of azo groups is 1. The van der Waals surface area contributed by atoms with Crippen molar-refractivity contribution in [2.75, 3.05) is 0 Å². The molecule has 1 aromatic rings. The predicted octanol–water partition coefficient (Wildman–Crippen LogP) is 3.77. The Kier molecular flexibility index (Phi) is 4.08. The molecular formula is C11H11N3O2. The Morgan fingerprint density at radius 2 is 2.31 bits per heavy atom. The van der Waals surface area contributed by atoms with Gasteiger partial charge in [0.2, 0.25) is 0 Å². The standard InChI is InChI=1S/C11H11N3O2/c1-3-9(4-2)12-13-10-6-5-7-11(8-10)14(15)16/h3-8H,1H2,2H3/b9-4+,13-12?. The summed E-state index contributed by atoms with van der Waals surface area (Å²) in [6.45, 7) is 5.37. The molecule has 5 nitrogen and oxygen atoms in total. The minimum absolute atomic E-state index is 0.00270. The summed E-state index contributed by atoms with van der Waals surface area (Å²) in [5.74, 6) is 0. The van der Waals surface area contributed by atoms with Crippen LogP contribution in [0.15, 0.2) is 58.9 Å². The number of allylic oxidation sites excluding steroid dienone is 2. The fourth-order valence-corrected chi connectivity index (χ4v) is 1.00. The molecule has 0 bridgehead atoms. The van der Waals surface area contributed by atoms with Crippen LogP contribution in [-0.4, -0.2) is 4.92 Å². The first kappa shape index (κ1) is 11.8. The van der Waals surface area contributed by atoms with Crippen LogP contribution in [0.25, 0.3) is 0 Å². The number of hydrogen-bond acceptors (Lipinski definition) is 4. The summed E-state index contributed by atoms with van der Waals surface area (Å²) in [5.41, 5.74) is 1.05. The molecule has 0 aliphatic rings. The van der Waals surface area contributed by atoms with E-state index in [0.29, 0.717) is 11.4 Å². The van der Waals surface area contributed by atoms with Crippen molar-refractivity contribution in [3.63, 3.8) is 0 Å². The summed E-state index contributed by atoms with van der Waals surface area (Å²) in [4.78, 5) is 10.0. The van der Waals surface area contributed by atoms with Gasteiger partial charge in [-0.15, -0.1) is 0 Å². The Bertz CT molecular complexity index is 464. The van der Waals surface area contributed by atoms with Crippen molar-refractivity contribution in [2.45, 2.75) is 6.92 Å². The van der Waals surface area contributed by atoms with E-state index in [1.807, 2.05) is 6.92 Å². The van der Waals surface area contributed by atoms with Gasteiger partial charge in [0.1, 0.15) is 0 Å². The van der Waals surface area contributed by atoms with Crippen molar-refractivity contribution in [2.24, 2.45) is 10.2 Å². The lowest BCUT2D eigenvalue weighted by Gasteiger charge is -1.93. The number of nitrogens with zero attached hydrogens (tertiary/aromatic N) is 3. The zero-order chi connectivity index (χ0) is 12.0. The van der Waals surface area contributed by atoms with Gasteiger partial charge in [0.15, 0.2) is 0 Å². The molecule has 0 atom stereocenters. The number of nitro groups is 1. The van der Waals surface area contributed by atoms with Gasteiger partial charge in [-0.25, -0.2) is 0 Å². The van der Waals surface area contributed by atoms with Crippen molar-refractivity contribution < 1.29 is 4.92 Å². The molecule has 1 aromatic carbocycles. The normalized spacial score (nSPS) is 11.7. The maximum Gasteiger partial charge on any atom is 0.271 e. The number of non-ortho nitro benzene ring substituents is 1. The molecule has 0 unspecified atom stereocenters. The van der Waals surface area contributed by atoms with E-state index < -0.39 is 4.92 Å². The van der Waals surface area contributed by atoms with Crippen LogP contribution in [-0.2, 0) is 0 Å². The van der Waals surface area contributed by atoms with Crippen LogP contribution in [0.2, 0.25) is 0 Å². The molecule has 0 fully saturated rings. The Morgan fingerprint density at radius 3 is 2.88 bits per heavy atom. The molecule has 5 heteroatoms. The van der Waals surface area contributed by atoms with Crippen LogP contribution in [0.4, 0.5) is 11.4 Å². The zero-order valence-corrected chi connectivity index (χ0v) is 8.83. The highest BCUT2D eigenvalue weighted by atomic mass is 16.6. The van der Waals surface area contributed by atoms with Gasteiger partial charge in [0.25, 0.3) is 5.69 Å². The summed E-state index contributed by atoms with van der Waals surface area (Å²) in [6.07, 6.45) is 3.30. The van der Waals surface area contributed by atoms with Crippen LogP contribution >= 0.6 is 0 Å². The molecule has 0 heterocycles. The van der Waals surface area contributed by atoms with Crippen molar-refractivity contribution in [1.29, 1.82) is 0 Å². The lowest BCUT2D eigenvalue weighted by molar-refractivity contribution is -0.384. The number of nitro benzene ring substituents is 1. The Balaban J connectivity index is 2.94. The highest BCUT2D eigenvalue weighted by molar-refractivity contribution is 5.46. The van der Waals surface area contributed by atoms with Gasteiger partial charge in [-0.3, -0.25) is 10.1 Å². The molecule has 82 valence electrons. The lowest BCUT2D eigenvalue weighted by Crippen LogP contribution is -1.85. The molecule has 1 rings (SSSR count). The minimum Gasteiger partial charge on any atom is -0.258 e. The molecule has 16 heavy (non-hydrogen) atoms. The zero-order valence-electron chi connectivity index (χ0n) is 8.83. The predicted molar refractivity (Wildman–Crippen MR) is 61.6 cm³/mol. The van der Waals surface area contributed by atoms with Gasteiger partial charge in [-0.05, 0) is 19.1 Å². The van der Waals surface area contributed by atoms with Crippen LogP contribution < -0.4 is 0 Å². The van der Waals surface area contributed by atoms with E-state index in [1.165, 1.54) is 12.1 Å². The van der Waals surface area contributed by atoms with E-state index in [2.05, 4.69) is 16.8 Å². The highest BCUT2D eigenvalue weighted by Crippen LogP contribution is 2.20. The van der Waals surface area contributed by atoms with Crippen molar-refractivity contribution in [1.82, 2.24) is 0 Å². The molecule has 0 radical (unpaired) electrons. The van der Waals surface area contributed by atoms with Crippen molar-refractivity contribution in [3.05, 3.63) is 58.8 Å². The first-order valence-electron chi connectivity index (χ1n) is 4.62. The van der Waals surface area contributed by atoms with E-state index in [0.717, 1.165) is 0 Å². The second-order valence-corrected chi connectivity index (χ2v) is 2.89. The summed E-state index contributed by atoms with van der Waals surface area (Å²) in [5, 5.41) is 18.3. The summed E-state index contributed by atoms with van der Waals surface area (Å²) < 4.78 is 0. The summed E-state index contributed by atoms with van der Waals surface area (Å²) in [6, 6.07) is 5.98. The first-order chi connectivity index (χ1) is 7.67. The molecular weight excluding hydrogens is 206 g/mol. The minimum atomic E-state index is -0.469. The Hall–Kier alpha value is -2.30. The van der Waals surface area contributed by atoms with Crippen LogP contribution in [0.1, 0.15) is 6.92 Å². The van der Waals surface area contributed by atoms with Crippen LogP contribution in [0, 0.1) is 10.1 Å². The quantitative estimate of drug-likeness (QED) is 0.333. The monoisotopic (exact) mass is 217 g/mol. The molecule has 0 saturated carbocycles. The molecule has 0 aliphatic heterocycles. The maximum absolute atomic E-state index is 10.5. The average molecular weight is 217 g/mol. The molecule has 0 amide bonds. The SMILES string of the molecule is C=C/C(=C\C)N=Nc1cccc([N+](=O)[O-])c1. The molecule has 0 aliphatic carbocycles. The van der Waals surface area contributed by atoms with Crippen molar-refractivity contribution >= 4 is 11.4 Å².